The number of benzene rings is 1. The Morgan fingerprint density at radius 2 is 1.89 bits per heavy atom. The molecule has 1 aliphatic rings. The normalized spacial score (nSPS) is 18.2. The molecule has 2 heterocycles. The minimum Gasteiger partial charge on any atom is -0.480 e. The van der Waals surface area contributed by atoms with E-state index in [-0.39, 0.29) is 6.01 Å². The smallest absolute Gasteiger partial charge is 0.319 e. The summed E-state index contributed by atoms with van der Waals surface area (Å²) >= 11 is 0. The van der Waals surface area contributed by atoms with Crippen LogP contribution in [0.5, 0.6) is 11.9 Å². The summed E-state index contributed by atoms with van der Waals surface area (Å²) in [6, 6.07) is 13.0. The largest absolute Gasteiger partial charge is 0.480 e. The van der Waals surface area contributed by atoms with Gasteiger partial charge in [-0.25, -0.2) is 4.98 Å². The predicted octanol–water partition coefficient (Wildman–Crippen LogP) is 3.61. The van der Waals surface area contributed by atoms with Gasteiger partial charge in [0, 0.05) is 6.20 Å². The average Bonchev–Trinajstić information content (AvgIpc) is 3.47. The zero-order valence-electron chi connectivity index (χ0n) is 15.7. The minimum atomic E-state index is 0.265. The molecule has 27 heavy (non-hydrogen) atoms. The van der Waals surface area contributed by atoms with Crippen LogP contribution in [0.4, 0.5) is 0 Å². The first kappa shape index (κ1) is 17.4. The van der Waals surface area contributed by atoms with Crippen LogP contribution in [0.15, 0.2) is 42.6 Å². The van der Waals surface area contributed by atoms with Crippen molar-refractivity contribution >= 4 is 0 Å². The van der Waals surface area contributed by atoms with E-state index in [1.54, 1.807) is 13.3 Å². The van der Waals surface area contributed by atoms with Gasteiger partial charge < -0.3 is 9.47 Å². The van der Waals surface area contributed by atoms with Crippen molar-refractivity contribution in [2.24, 2.45) is 5.92 Å². The number of rotatable bonds is 6. The number of aromatic nitrogens is 4. The molecule has 1 aromatic carbocycles. The number of nitrogens with zero attached hydrogens (tertiary/aromatic N) is 4. The molecule has 1 aliphatic carbocycles. The Balaban J connectivity index is 1.60. The number of aryl methyl sites for hydroxylation is 1. The van der Waals surface area contributed by atoms with Crippen LogP contribution in [0.1, 0.15) is 29.2 Å². The molecular weight excluding hydrogens is 340 g/mol. The number of hydrogen-bond donors (Lipinski definition) is 0. The molecule has 0 amide bonds. The molecule has 0 saturated heterocycles. The van der Waals surface area contributed by atoms with Crippen molar-refractivity contribution in [1.29, 1.82) is 0 Å². The van der Waals surface area contributed by atoms with Crippen LogP contribution >= 0.6 is 0 Å². The highest BCUT2D eigenvalue weighted by Gasteiger charge is 2.39. The Hall–Kier alpha value is -3.02. The molecule has 4 rings (SSSR count). The number of ether oxygens (including phenoxy) is 2. The van der Waals surface area contributed by atoms with Crippen molar-refractivity contribution < 1.29 is 9.47 Å². The standard InChI is InChI=1S/C21H22N4O2/c1-13-16(17-10-15(17)9-14-7-5-4-6-8-14)11-19(25-24-13)18-12-22-21(27-3)23-20(18)26-2/h4-8,11-12,15,17H,9-10H2,1-3H3. The first-order valence-electron chi connectivity index (χ1n) is 9.03. The zero-order chi connectivity index (χ0) is 18.8. The second kappa shape index (κ2) is 7.31. The van der Waals surface area contributed by atoms with E-state index < -0.39 is 0 Å². The summed E-state index contributed by atoms with van der Waals surface area (Å²) in [5, 5.41) is 8.73. The first-order chi connectivity index (χ1) is 13.2. The molecule has 1 fully saturated rings. The van der Waals surface area contributed by atoms with Gasteiger partial charge in [0.2, 0.25) is 5.88 Å². The lowest BCUT2D eigenvalue weighted by Gasteiger charge is -2.10. The molecule has 138 valence electrons. The first-order valence-corrected chi connectivity index (χ1v) is 9.03. The van der Waals surface area contributed by atoms with Gasteiger partial charge in [-0.15, -0.1) is 5.10 Å². The third-order valence-corrected chi connectivity index (χ3v) is 5.06. The van der Waals surface area contributed by atoms with E-state index in [9.17, 15) is 0 Å². The lowest BCUT2D eigenvalue weighted by atomic mass is 10.0. The lowest BCUT2D eigenvalue weighted by Crippen LogP contribution is -2.02. The Kier molecular flexibility index (Phi) is 4.71. The van der Waals surface area contributed by atoms with E-state index in [4.69, 9.17) is 9.47 Å². The molecule has 0 spiro atoms. The maximum atomic E-state index is 5.39. The summed E-state index contributed by atoms with van der Waals surface area (Å²) in [7, 11) is 3.10. The van der Waals surface area contributed by atoms with Gasteiger partial charge in [-0.05, 0) is 48.8 Å². The van der Waals surface area contributed by atoms with Crippen LogP contribution in [0.25, 0.3) is 11.3 Å². The van der Waals surface area contributed by atoms with Crippen molar-refractivity contribution in [3.05, 3.63) is 59.4 Å². The Bertz CT molecular complexity index is 946. The minimum absolute atomic E-state index is 0.265. The van der Waals surface area contributed by atoms with Crippen LogP contribution in [0.2, 0.25) is 0 Å². The summed E-state index contributed by atoms with van der Waals surface area (Å²) in [6.45, 7) is 2.02. The highest BCUT2D eigenvalue weighted by Crippen LogP contribution is 2.50. The molecule has 2 aromatic heterocycles. The van der Waals surface area contributed by atoms with E-state index in [1.165, 1.54) is 24.7 Å². The Morgan fingerprint density at radius 1 is 1.07 bits per heavy atom. The molecule has 6 heteroatoms. The second-order valence-corrected chi connectivity index (χ2v) is 6.84. The molecule has 0 N–H and O–H groups in total. The third-order valence-electron chi connectivity index (χ3n) is 5.06. The van der Waals surface area contributed by atoms with E-state index in [0.717, 1.165) is 17.8 Å². The number of hydrogen-bond acceptors (Lipinski definition) is 6. The van der Waals surface area contributed by atoms with Gasteiger partial charge in [-0.1, -0.05) is 30.3 Å². The van der Waals surface area contributed by atoms with Crippen molar-refractivity contribution in [2.45, 2.75) is 25.7 Å². The molecular formula is C21H22N4O2. The maximum Gasteiger partial charge on any atom is 0.319 e. The fourth-order valence-electron chi connectivity index (χ4n) is 3.53. The monoisotopic (exact) mass is 362 g/mol. The summed E-state index contributed by atoms with van der Waals surface area (Å²) in [5.74, 6) is 1.60. The topological polar surface area (TPSA) is 70.0 Å². The zero-order valence-corrected chi connectivity index (χ0v) is 15.7. The molecule has 0 bridgehead atoms. The van der Waals surface area contributed by atoms with Gasteiger partial charge in [0.15, 0.2) is 0 Å². The van der Waals surface area contributed by atoms with Crippen LogP contribution < -0.4 is 9.47 Å². The molecule has 6 nitrogen and oxygen atoms in total. The lowest BCUT2D eigenvalue weighted by molar-refractivity contribution is 0.353. The Morgan fingerprint density at radius 3 is 2.63 bits per heavy atom. The highest BCUT2D eigenvalue weighted by atomic mass is 16.5. The van der Waals surface area contributed by atoms with Gasteiger partial charge in [-0.3, -0.25) is 0 Å². The fourth-order valence-corrected chi connectivity index (χ4v) is 3.53. The molecule has 0 radical (unpaired) electrons. The fraction of sp³-hybridized carbons (Fsp3) is 0.333. The van der Waals surface area contributed by atoms with Crippen LogP contribution in [-0.4, -0.2) is 34.4 Å². The molecule has 2 unspecified atom stereocenters. The maximum absolute atomic E-state index is 5.39. The van der Waals surface area contributed by atoms with E-state index in [1.807, 2.05) is 6.92 Å². The number of methoxy groups -OCH3 is 2. The average molecular weight is 362 g/mol. The molecule has 0 aliphatic heterocycles. The summed E-state index contributed by atoms with van der Waals surface area (Å²) < 4.78 is 10.5. The molecule has 2 atom stereocenters. The van der Waals surface area contributed by atoms with E-state index >= 15 is 0 Å². The van der Waals surface area contributed by atoms with Crippen molar-refractivity contribution in [3.63, 3.8) is 0 Å². The quantitative estimate of drug-likeness (QED) is 0.667. The predicted molar refractivity (Wildman–Crippen MR) is 102 cm³/mol. The van der Waals surface area contributed by atoms with Crippen molar-refractivity contribution in [2.75, 3.05) is 14.2 Å². The summed E-state index contributed by atoms with van der Waals surface area (Å²) in [6.07, 6.45) is 3.94. The van der Waals surface area contributed by atoms with Gasteiger partial charge in [0.1, 0.15) is 5.69 Å². The van der Waals surface area contributed by atoms with Gasteiger partial charge in [0.05, 0.1) is 25.5 Å². The summed E-state index contributed by atoms with van der Waals surface area (Å²) in [5.41, 5.74) is 5.05. The molecule has 3 aromatic rings. The van der Waals surface area contributed by atoms with Crippen LogP contribution in [0, 0.1) is 12.8 Å². The van der Waals surface area contributed by atoms with Gasteiger partial charge in [0.25, 0.3) is 0 Å². The summed E-state index contributed by atoms with van der Waals surface area (Å²) in [4.78, 5) is 8.43. The SMILES string of the molecule is COc1ncc(-c2cc(C3CC3Cc3ccccc3)c(C)nn2)c(OC)n1. The van der Waals surface area contributed by atoms with Crippen molar-refractivity contribution in [3.8, 4) is 23.1 Å². The van der Waals surface area contributed by atoms with E-state index in [0.29, 0.717) is 23.3 Å². The Labute approximate surface area is 158 Å². The third kappa shape index (κ3) is 3.60. The van der Waals surface area contributed by atoms with Crippen LogP contribution in [-0.2, 0) is 6.42 Å². The van der Waals surface area contributed by atoms with E-state index in [2.05, 4.69) is 56.6 Å². The van der Waals surface area contributed by atoms with Gasteiger partial charge in [-0.2, -0.15) is 10.1 Å². The van der Waals surface area contributed by atoms with Crippen LogP contribution in [0.3, 0.4) is 0 Å². The molecule has 1 saturated carbocycles. The van der Waals surface area contributed by atoms with Crippen molar-refractivity contribution in [1.82, 2.24) is 20.2 Å². The van der Waals surface area contributed by atoms with Gasteiger partial charge >= 0.3 is 6.01 Å². The highest BCUT2D eigenvalue weighted by molar-refractivity contribution is 5.64. The second-order valence-electron chi connectivity index (χ2n) is 6.84.